The summed E-state index contributed by atoms with van der Waals surface area (Å²) in [6.45, 7) is 11.8. The number of aliphatic imine (C=N–C) groups is 1. The van der Waals surface area contributed by atoms with Gasteiger partial charge in [-0.15, -0.1) is 0 Å². The molecule has 25 heavy (non-hydrogen) atoms. The molecule has 1 aromatic rings. The van der Waals surface area contributed by atoms with Crippen LogP contribution in [0.5, 0.6) is 0 Å². The van der Waals surface area contributed by atoms with Gasteiger partial charge in [-0.05, 0) is 52.3 Å². The molecule has 0 fully saturated rings. The molecule has 0 aliphatic heterocycles. The molecular formula is C19H32N4O2. The van der Waals surface area contributed by atoms with E-state index >= 15 is 0 Å². The summed E-state index contributed by atoms with van der Waals surface area (Å²) in [4.78, 5) is 16.9. The van der Waals surface area contributed by atoms with Crippen molar-refractivity contribution in [3.8, 4) is 0 Å². The molecule has 3 N–H and O–H groups in total. The van der Waals surface area contributed by atoms with Crippen molar-refractivity contribution in [2.24, 2.45) is 4.99 Å². The molecule has 1 atom stereocenters. The van der Waals surface area contributed by atoms with Gasteiger partial charge >= 0.3 is 0 Å². The SMILES string of the molecule is CCNC(=NCc1cccc(C(=O)NC(C)(C)C)c1)NC(C)COC. The second kappa shape index (κ2) is 10.0. The summed E-state index contributed by atoms with van der Waals surface area (Å²) in [5, 5.41) is 9.48. The third-order valence-electron chi connectivity index (χ3n) is 3.24. The molecule has 6 nitrogen and oxygen atoms in total. The van der Waals surface area contributed by atoms with Gasteiger partial charge in [-0.3, -0.25) is 4.79 Å². The molecule has 0 spiro atoms. The molecule has 0 aliphatic rings. The lowest BCUT2D eigenvalue weighted by Gasteiger charge is -2.20. The lowest BCUT2D eigenvalue weighted by Crippen LogP contribution is -2.43. The van der Waals surface area contributed by atoms with Crippen molar-refractivity contribution < 1.29 is 9.53 Å². The van der Waals surface area contributed by atoms with E-state index in [0.717, 1.165) is 18.1 Å². The lowest BCUT2D eigenvalue weighted by atomic mass is 10.1. The first-order chi connectivity index (χ1) is 11.7. The Morgan fingerprint density at radius 2 is 2.04 bits per heavy atom. The van der Waals surface area contributed by atoms with Crippen molar-refractivity contribution in [3.05, 3.63) is 35.4 Å². The van der Waals surface area contributed by atoms with E-state index in [1.165, 1.54) is 0 Å². The van der Waals surface area contributed by atoms with Crippen molar-refractivity contribution in [2.45, 2.75) is 52.7 Å². The van der Waals surface area contributed by atoms with Crippen molar-refractivity contribution in [1.29, 1.82) is 0 Å². The average molecular weight is 348 g/mol. The first-order valence-electron chi connectivity index (χ1n) is 8.70. The Labute approximate surface area is 151 Å². The van der Waals surface area contributed by atoms with E-state index in [9.17, 15) is 4.79 Å². The van der Waals surface area contributed by atoms with Crippen LogP contribution in [0.4, 0.5) is 0 Å². The number of benzene rings is 1. The Hall–Kier alpha value is -2.08. The predicted octanol–water partition coefficient (Wildman–Crippen LogP) is 2.30. The van der Waals surface area contributed by atoms with Crippen LogP contribution in [0.1, 0.15) is 50.5 Å². The Balaban J connectivity index is 2.80. The van der Waals surface area contributed by atoms with Gasteiger partial charge in [0.15, 0.2) is 5.96 Å². The maximum Gasteiger partial charge on any atom is 0.251 e. The number of ether oxygens (including phenoxy) is 1. The second-order valence-electron chi connectivity index (χ2n) is 7.10. The second-order valence-corrected chi connectivity index (χ2v) is 7.10. The monoisotopic (exact) mass is 348 g/mol. The highest BCUT2D eigenvalue weighted by Gasteiger charge is 2.15. The first kappa shape index (κ1) is 21.0. The standard InChI is InChI=1S/C19H32N4O2/c1-7-20-18(22-14(2)13-25-6)21-12-15-9-8-10-16(11-15)17(24)23-19(3,4)5/h8-11,14H,7,12-13H2,1-6H3,(H,23,24)(H2,20,21,22). The molecule has 1 amide bonds. The zero-order valence-electron chi connectivity index (χ0n) is 16.3. The third kappa shape index (κ3) is 8.54. The summed E-state index contributed by atoms with van der Waals surface area (Å²) >= 11 is 0. The highest BCUT2D eigenvalue weighted by molar-refractivity contribution is 5.94. The molecule has 0 saturated carbocycles. The highest BCUT2D eigenvalue weighted by atomic mass is 16.5. The van der Waals surface area contributed by atoms with E-state index in [2.05, 4.69) is 20.9 Å². The van der Waals surface area contributed by atoms with Crippen LogP contribution in [0.3, 0.4) is 0 Å². The number of amides is 1. The first-order valence-corrected chi connectivity index (χ1v) is 8.70. The molecule has 0 aromatic heterocycles. The molecule has 0 heterocycles. The van der Waals surface area contributed by atoms with Gasteiger partial charge in [-0.25, -0.2) is 4.99 Å². The smallest absolute Gasteiger partial charge is 0.251 e. The Morgan fingerprint density at radius 3 is 2.64 bits per heavy atom. The minimum Gasteiger partial charge on any atom is -0.383 e. The fourth-order valence-electron chi connectivity index (χ4n) is 2.24. The number of carbonyl (C=O) groups excluding carboxylic acids is 1. The van der Waals surface area contributed by atoms with Crippen LogP contribution in [-0.4, -0.2) is 43.7 Å². The van der Waals surface area contributed by atoms with Gasteiger partial charge in [-0.2, -0.15) is 0 Å². The molecule has 1 aromatic carbocycles. The summed E-state index contributed by atoms with van der Waals surface area (Å²) in [6, 6.07) is 7.72. The van der Waals surface area contributed by atoms with Crippen LogP contribution in [0.25, 0.3) is 0 Å². The molecule has 0 radical (unpaired) electrons. The fourth-order valence-corrected chi connectivity index (χ4v) is 2.24. The number of nitrogens with zero attached hydrogens (tertiary/aromatic N) is 1. The van der Waals surface area contributed by atoms with Crippen molar-refractivity contribution >= 4 is 11.9 Å². The number of carbonyl (C=O) groups is 1. The normalized spacial score (nSPS) is 13.3. The number of methoxy groups -OCH3 is 1. The maximum atomic E-state index is 12.3. The van der Waals surface area contributed by atoms with Crippen molar-refractivity contribution in [1.82, 2.24) is 16.0 Å². The summed E-state index contributed by atoms with van der Waals surface area (Å²) in [5.74, 6) is 0.661. The number of hydrogen-bond donors (Lipinski definition) is 3. The number of nitrogens with one attached hydrogen (secondary N) is 3. The van der Waals surface area contributed by atoms with Crippen molar-refractivity contribution in [3.63, 3.8) is 0 Å². The largest absolute Gasteiger partial charge is 0.383 e. The fraction of sp³-hybridized carbons (Fsp3) is 0.579. The van der Waals surface area contributed by atoms with Gasteiger partial charge in [0, 0.05) is 30.8 Å². The molecule has 6 heteroatoms. The van der Waals surface area contributed by atoms with E-state index in [4.69, 9.17) is 4.74 Å². The van der Waals surface area contributed by atoms with Crippen LogP contribution in [0.15, 0.2) is 29.3 Å². The van der Waals surface area contributed by atoms with E-state index in [1.54, 1.807) is 7.11 Å². The minimum absolute atomic E-state index is 0.0721. The Kier molecular flexibility index (Phi) is 8.41. The summed E-state index contributed by atoms with van der Waals surface area (Å²) in [7, 11) is 1.68. The van der Waals surface area contributed by atoms with Gasteiger partial charge in [0.25, 0.3) is 5.91 Å². The van der Waals surface area contributed by atoms with Gasteiger partial charge < -0.3 is 20.7 Å². The molecular weight excluding hydrogens is 316 g/mol. The third-order valence-corrected chi connectivity index (χ3v) is 3.24. The summed E-state index contributed by atoms with van der Waals surface area (Å²) < 4.78 is 5.14. The molecule has 0 bridgehead atoms. The number of guanidine groups is 1. The van der Waals surface area contributed by atoms with Gasteiger partial charge in [0.05, 0.1) is 13.2 Å². The molecule has 1 unspecified atom stereocenters. The van der Waals surface area contributed by atoms with Crippen LogP contribution in [0.2, 0.25) is 0 Å². The molecule has 1 rings (SSSR count). The Morgan fingerprint density at radius 1 is 1.32 bits per heavy atom. The topological polar surface area (TPSA) is 74.8 Å². The molecule has 140 valence electrons. The number of rotatable bonds is 7. The number of hydrogen-bond acceptors (Lipinski definition) is 3. The van der Waals surface area contributed by atoms with Crippen molar-refractivity contribution in [2.75, 3.05) is 20.3 Å². The van der Waals surface area contributed by atoms with E-state index < -0.39 is 0 Å². The van der Waals surface area contributed by atoms with Crippen LogP contribution < -0.4 is 16.0 Å². The van der Waals surface area contributed by atoms with E-state index in [0.29, 0.717) is 18.7 Å². The summed E-state index contributed by atoms with van der Waals surface area (Å²) in [6.07, 6.45) is 0. The predicted molar refractivity (Wildman–Crippen MR) is 103 cm³/mol. The van der Waals surface area contributed by atoms with Crippen LogP contribution >= 0.6 is 0 Å². The average Bonchev–Trinajstić information content (AvgIpc) is 2.52. The Bertz CT molecular complexity index is 579. The zero-order chi connectivity index (χ0) is 18.9. The summed E-state index contributed by atoms with van der Waals surface area (Å²) in [5.41, 5.74) is 1.37. The maximum absolute atomic E-state index is 12.3. The quantitative estimate of drug-likeness (QED) is 0.522. The van der Waals surface area contributed by atoms with Crippen LogP contribution in [0, 0.1) is 0 Å². The minimum atomic E-state index is -0.259. The lowest BCUT2D eigenvalue weighted by molar-refractivity contribution is 0.0919. The van der Waals surface area contributed by atoms with Gasteiger partial charge in [-0.1, -0.05) is 12.1 Å². The van der Waals surface area contributed by atoms with E-state index in [-0.39, 0.29) is 17.5 Å². The molecule has 0 aliphatic carbocycles. The van der Waals surface area contributed by atoms with E-state index in [1.807, 2.05) is 58.9 Å². The van der Waals surface area contributed by atoms with Crippen LogP contribution in [-0.2, 0) is 11.3 Å². The van der Waals surface area contributed by atoms with Gasteiger partial charge in [0.1, 0.15) is 0 Å². The van der Waals surface area contributed by atoms with Gasteiger partial charge in [0.2, 0.25) is 0 Å². The zero-order valence-corrected chi connectivity index (χ0v) is 16.3. The molecule has 0 saturated heterocycles. The highest BCUT2D eigenvalue weighted by Crippen LogP contribution is 2.09.